The molecule has 1 aliphatic rings. The summed E-state index contributed by atoms with van der Waals surface area (Å²) >= 11 is 0.853. The summed E-state index contributed by atoms with van der Waals surface area (Å²) in [7, 11) is 1.58. The minimum Gasteiger partial charge on any atom is -0.581 e. The van der Waals surface area contributed by atoms with Crippen LogP contribution in [0.15, 0.2) is 29.2 Å². The SMILES string of the molecule is COc1ccc(/C=C2/SC(=O)[N-]C2=O)cc1.[K+]. The fraction of sp³-hybridized carbons (Fsp3) is 0.0909. The van der Waals surface area contributed by atoms with Crippen LogP contribution in [0.1, 0.15) is 5.56 Å². The number of rotatable bonds is 2. The molecular formula is C11H8KNO3S. The first-order valence-corrected chi connectivity index (χ1v) is 5.34. The van der Waals surface area contributed by atoms with Crippen molar-refractivity contribution < 1.29 is 65.7 Å². The van der Waals surface area contributed by atoms with Crippen molar-refractivity contribution in [3.05, 3.63) is 40.1 Å². The van der Waals surface area contributed by atoms with Crippen molar-refractivity contribution >= 4 is 29.0 Å². The molecule has 0 saturated carbocycles. The topological polar surface area (TPSA) is 57.5 Å². The molecule has 82 valence electrons. The first kappa shape index (κ1) is 14.9. The average molecular weight is 273 g/mol. The summed E-state index contributed by atoms with van der Waals surface area (Å²) in [5, 5.41) is 2.84. The van der Waals surface area contributed by atoms with Crippen LogP contribution in [0, 0.1) is 0 Å². The molecule has 0 unspecified atom stereocenters. The van der Waals surface area contributed by atoms with Gasteiger partial charge in [0, 0.05) is 4.91 Å². The van der Waals surface area contributed by atoms with Crippen molar-refractivity contribution in [3.8, 4) is 5.75 Å². The molecule has 1 heterocycles. The summed E-state index contributed by atoms with van der Waals surface area (Å²) in [6, 6.07) is 7.19. The van der Waals surface area contributed by atoms with Crippen molar-refractivity contribution in [2.45, 2.75) is 0 Å². The minimum absolute atomic E-state index is 0. The van der Waals surface area contributed by atoms with E-state index in [1.807, 2.05) is 12.1 Å². The van der Waals surface area contributed by atoms with Gasteiger partial charge in [-0.1, -0.05) is 23.9 Å². The third-order valence-corrected chi connectivity index (χ3v) is 2.79. The van der Waals surface area contributed by atoms with Gasteiger partial charge >= 0.3 is 51.4 Å². The van der Waals surface area contributed by atoms with Crippen molar-refractivity contribution in [3.63, 3.8) is 0 Å². The molecule has 2 amide bonds. The molecule has 0 spiro atoms. The third kappa shape index (κ3) is 3.94. The van der Waals surface area contributed by atoms with Crippen LogP contribution in [0.25, 0.3) is 11.4 Å². The van der Waals surface area contributed by atoms with Crippen molar-refractivity contribution in [2.75, 3.05) is 7.11 Å². The first-order valence-electron chi connectivity index (χ1n) is 4.52. The number of amides is 2. The zero-order valence-electron chi connectivity index (χ0n) is 9.47. The summed E-state index contributed by atoms with van der Waals surface area (Å²) in [5.74, 6) is 0.277. The smallest absolute Gasteiger partial charge is 0.581 e. The number of thioether (sulfide) groups is 1. The number of benzene rings is 1. The molecule has 2 rings (SSSR count). The summed E-state index contributed by atoms with van der Waals surface area (Å²) < 4.78 is 5.01. The Morgan fingerprint density at radius 1 is 1.24 bits per heavy atom. The van der Waals surface area contributed by atoms with Gasteiger partial charge in [-0.2, -0.15) is 0 Å². The van der Waals surface area contributed by atoms with Crippen LogP contribution in [-0.2, 0) is 4.79 Å². The van der Waals surface area contributed by atoms with E-state index in [0.717, 1.165) is 23.1 Å². The van der Waals surface area contributed by atoms with Gasteiger partial charge in [0.1, 0.15) is 11.0 Å². The summed E-state index contributed by atoms with van der Waals surface area (Å²) in [5.41, 5.74) is 0.835. The molecule has 0 N–H and O–H groups in total. The Morgan fingerprint density at radius 3 is 2.35 bits per heavy atom. The van der Waals surface area contributed by atoms with E-state index in [1.165, 1.54) is 0 Å². The predicted octanol–water partition coefficient (Wildman–Crippen LogP) is -0.193. The Labute approximate surface area is 146 Å². The van der Waals surface area contributed by atoms with Gasteiger partial charge in [0.2, 0.25) is 0 Å². The number of hydrogen-bond acceptors (Lipinski definition) is 4. The molecule has 17 heavy (non-hydrogen) atoms. The molecule has 0 radical (unpaired) electrons. The molecular weight excluding hydrogens is 265 g/mol. The molecule has 1 saturated heterocycles. The van der Waals surface area contributed by atoms with E-state index in [9.17, 15) is 9.59 Å². The van der Waals surface area contributed by atoms with E-state index in [-0.39, 0.29) is 51.4 Å². The van der Waals surface area contributed by atoms with Crippen LogP contribution >= 0.6 is 11.8 Å². The molecule has 1 aliphatic heterocycles. The minimum atomic E-state index is -0.467. The van der Waals surface area contributed by atoms with E-state index in [2.05, 4.69) is 5.32 Å². The molecule has 0 bridgehead atoms. The zero-order chi connectivity index (χ0) is 11.5. The molecule has 0 aromatic heterocycles. The Bertz CT molecular complexity index is 470. The molecule has 1 aromatic rings. The number of hydrogen-bond donors (Lipinski definition) is 0. The fourth-order valence-corrected chi connectivity index (χ4v) is 1.89. The Hall–Kier alpha value is -0.114. The van der Waals surface area contributed by atoms with Gasteiger partial charge in [-0.3, -0.25) is 0 Å². The Balaban J connectivity index is 0.00000144. The molecule has 1 fully saturated rings. The van der Waals surface area contributed by atoms with Crippen LogP contribution < -0.4 is 56.1 Å². The van der Waals surface area contributed by atoms with E-state index in [4.69, 9.17) is 4.74 Å². The number of imide groups is 1. The van der Waals surface area contributed by atoms with Crippen LogP contribution in [0.3, 0.4) is 0 Å². The quantitative estimate of drug-likeness (QED) is 0.553. The summed E-state index contributed by atoms with van der Waals surface area (Å²) in [4.78, 5) is 22.4. The van der Waals surface area contributed by atoms with Gasteiger partial charge in [-0.25, -0.2) is 0 Å². The van der Waals surface area contributed by atoms with Gasteiger partial charge in [0.25, 0.3) is 0 Å². The van der Waals surface area contributed by atoms with Gasteiger partial charge in [-0.15, -0.1) is 0 Å². The third-order valence-electron chi connectivity index (χ3n) is 2.01. The maximum absolute atomic E-state index is 11.2. The van der Waals surface area contributed by atoms with E-state index in [1.54, 1.807) is 25.3 Å². The Morgan fingerprint density at radius 2 is 1.88 bits per heavy atom. The number of ether oxygens (including phenoxy) is 1. The Kier molecular flexibility index (Phi) is 5.91. The largest absolute Gasteiger partial charge is 1.00 e. The van der Waals surface area contributed by atoms with Crippen LogP contribution in [0.5, 0.6) is 5.75 Å². The predicted molar refractivity (Wildman–Crippen MR) is 62.3 cm³/mol. The van der Waals surface area contributed by atoms with Gasteiger partial charge in [0.15, 0.2) is 0 Å². The normalized spacial score (nSPS) is 16.6. The molecule has 4 nitrogen and oxygen atoms in total. The van der Waals surface area contributed by atoms with E-state index >= 15 is 0 Å². The molecule has 0 atom stereocenters. The van der Waals surface area contributed by atoms with Crippen molar-refractivity contribution in [1.82, 2.24) is 0 Å². The van der Waals surface area contributed by atoms with Crippen LogP contribution in [0.4, 0.5) is 4.79 Å². The molecule has 0 aliphatic carbocycles. The fourth-order valence-electron chi connectivity index (χ4n) is 1.24. The van der Waals surface area contributed by atoms with Crippen LogP contribution in [-0.4, -0.2) is 18.3 Å². The van der Waals surface area contributed by atoms with Gasteiger partial charge < -0.3 is 19.6 Å². The van der Waals surface area contributed by atoms with E-state index in [0.29, 0.717) is 4.91 Å². The molecule has 1 aromatic carbocycles. The van der Waals surface area contributed by atoms with E-state index < -0.39 is 11.1 Å². The molecule has 6 heteroatoms. The second-order valence-corrected chi connectivity index (χ2v) is 4.06. The van der Waals surface area contributed by atoms with Crippen molar-refractivity contribution in [2.24, 2.45) is 0 Å². The number of methoxy groups -OCH3 is 1. The zero-order valence-corrected chi connectivity index (χ0v) is 13.4. The second kappa shape index (κ2) is 6.72. The average Bonchev–Trinajstić information content (AvgIpc) is 2.59. The maximum Gasteiger partial charge on any atom is 1.00 e. The standard InChI is InChI=1S/C11H9NO3S.K/c1-15-8-4-2-7(3-5-8)6-9-10(13)12-11(14)16-9;/h2-6H,1H3,(H,12,13,14);/q;+1/p-1/b9-6+;. The van der Waals surface area contributed by atoms with Gasteiger partial charge in [-0.05, 0) is 23.8 Å². The maximum atomic E-state index is 11.2. The summed E-state index contributed by atoms with van der Waals surface area (Å²) in [6.07, 6.45) is 1.64. The monoisotopic (exact) mass is 273 g/mol. The second-order valence-electron chi connectivity index (χ2n) is 3.07. The number of nitrogens with zero attached hydrogens (tertiary/aromatic N) is 1. The number of carbonyl (C=O) groups excluding carboxylic acids is 2. The number of carbonyl (C=O) groups is 2. The van der Waals surface area contributed by atoms with Gasteiger partial charge in [0.05, 0.1) is 13.0 Å². The first-order chi connectivity index (χ1) is 7.69. The van der Waals surface area contributed by atoms with Crippen molar-refractivity contribution in [1.29, 1.82) is 0 Å². The van der Waals surface area contributed by atoms with Crippen LogP contribution in [0.2, 0.25) is 0 Å². The summed E-state index contributed by atoms with van der Waals surface area (Å²) in [6.45, 7) is 0.